The largest absolute Gasteiger partial charge is 0.385 e. The van der Waals surface area contributed by atoms with E-state index < -0.39 is 5.60 Å². The van der Waals surface area contributed by atoms with Crippen LogP contribution in [-0.2, 0) is 0 Å². The standard InChI is InChI=1S/C15H24O/c1-11(2)13-7-9-14(4)8-5-6-12(3)15(14,16)10-13/h13,16H,1,3,5-10H2,2,4H3/t13-,14-,15-/m0/s1. The molecule has 1 N–H and O–H groups in total. The van der Waals surface area contributed by atoms with Crippen LogP contribution in [0.15, 0.2) is 24.3 Å². The minimum Gasteiger partial charge on any atom is -0.385 e. The summed E-state index contributed by atoms with van der Waals surface area (Å²) in [6.07, 6.45) is 6.47. The van der Waals surface area contributed by atoms with Gasteiger partial charge in [-0.15, -0.1) is 0 Å². The molecular formula is C15H24O. The van der Waals surface area contributed by atoms with Crippen molar-refractivity contribution in [3.63, 3.8) is 0 Å². The van der Waals surface area contributed by atoms with E-state index in [1.54, 1.807) is 0 Å². The summed E-state index contributed by atoms with van der Waals surface area (Å²) in [7, 11) is 0. The van der Waals surface area contributed by atoms with Gasteiger partial charge in [0.05, 0.1) is 5.60 Å². The highest BCUT2D eigenvalue weighted by Crippen LogP contribution is 2.56. The number of hydrogen-bond acceptors (Lipinski definition) is 1. The Morgan fingerprint density at radius 3 is 2.75 bits per heavy atom. The molecule has 2 aliphatic rings. The molecule has 0 aromatic carbocycles. The lowest BCUT2D eigenvalue weighted by molar-refractivity contribution is -0.106. The van der Waals surface area contributed by atoms with Gasteiger partial charge >= 0.3 is 0 Å². The van der Waals surface area contributed by atoms with E-state index in [1.165, 1.54) is 18.4 Å². The number of rotatable bonds is 1. The van der Waals surface area contributed by atoms with Crippen molar-refractivity contribution in [1.82, 2.24) is 0 Å². The van der Waals surface area contributed by atoms with Crippen LogP contribution in [0.25, 0.3) is 0 Å². The van der Waals surface area contributed by atoms with Crippen LogP contribution in [-0.4, -0.2) is 10.7 Å². The molecule has 90 valence electrons. The predicted molar refractivity (Wildman–Crippen MR) is 68.2 cm³/mol. The van der Waals surface area contributed by atoms with Crippen LogP contribution in [0.3, 0.4) is 0 Å². The first-order chi connectivity index (χ1) is 7.39. The van der Waals surface area contributed by atoms with Crippen molar-refractivity contribution in [3.8, 4) is 0 Å². The second kappa shape index (κ2) is 3.73. The summed E-state index contributed by atoms with van der Waals surface area (Å²) >= 11 is 0. The Morgan fingerprint density at radius 2 is 2.12 bits per heavy atom. The maximum atomic E-state index is 11.0. The highest BCUT2D eigenvalue weighted by atomic mass is 16.3. The fraction of sp³-hybridized carbons (Fsp3) is 0.733. The van der Waals surface area contributed by atoms with Gasteiger partial charge in [-0.1, -0.05) is 25.7 Å². The fourth-order valence-corrected chi connectivity index (χ4v) is 3.63. The Labute approximate surface area is 99.3 Å². The van der Waals surface area contributed by atoms with Gasteiger partial charge in [0.1, 0.15) is 0 Å². The SMILES string of the molecule is C=C(C)[C@H]1CC[C@]2(C)CCCC(=C)[C@@]2(O)C1. The third kappa shape index (κ3) is 1.57. The van der Waals surface area contributed by atoms with Crippen molar-refractivity contribution >= 4 is 0 Å². The van der Waals surface area contributed by atoms with Crippen LogP contribution in [0.2, 0.25) is 0 Å². The summed E-state index contributed by atoms with van der Waals surface area (Å²) in [6.45, 7) is 12.5. The zero-order valence-corrected chi connectivity index (χ0v) is 10.7. The average Bonchev–Trinajstić information content (AvgIpc) is 2.20. The lowest BCUT2D eigenvalue weighted by atomic mass is 9.53. The minimum atomic E-state index is -0.632. The van der Waals surface area contributed by atoms with Gasteiger partial charge in [0.15, 0.2) is 0 Å². The normalized spacial score (nSPS) is 43.9. The quantitative estimate of drug-likeness (QED) is 0.666. The van der Waals surface area contributed by atoms with Gasteiger partial charge in [0, 0.05) is 5.41 Å². The second-order valence-electron chi connectivity index (χ2n) is 6.16. The molecule has 0 radical (unpaired) electrons. The zero-order chi connectivity index (χ0) is 12.0. The molecule has 0 aromatic heterocycles. The third-order valence-electron chi connectivity index (χ3n) is 5.07. The molecule has 0 amide bonds. The molecule has 0 aromatic rings. The summed E-state index contributed by atoms with van der Waals surface area (Å²) in [5, 5.41) is 11.0. The molecule has 16 heavy (non-hydrogen) atoms. The maximum Gasteiger partial charge on any atom is 0.0913 e. The summed E-state index contributed by atoms with van der Waals surface area (Å²) in [5.41, 5.74) is 1.71. The molecule has 1 nitrogen and oxygen atoms in total. The van der Waals surface area contributed by atoms with Gasteiger partial charge in [-0.3, -0.25) is 0 Å². The van der Waals surface area contributed by atoms with Gasteiger partial charge in [-0.2, -0.15) is 0 Å². The predicted octanol–water partition coefficient (Wildman–Crippen LogP) is 3.84. The van der Waals surface area contributed by atoms with Gasteiger partial charge in [0.2, 0.25) is 0 Å². The van der Waals surface area contributed by atoms with Crippen molar-refractivity contribution in [3.05, 3.63) is 24.3 Å². The average molecular weight is 220 g/mol. The Balaban J connectivity index is 2.29. The number of allylic oxidation sites excluding steroid dienone is 1. The Bertz CT molecular complexity index is 330. The van der Waals surface area contributed by atoms with Crippen molar-refractivity contribution in [2.75, 3.05) is 0 Å². The molecule has 2 rings (SSSR count). The fourth-order valence-electron chi connectivity index (χ4n) is 3.63. The Kier molecular flexibility index (Phi) is 2.78. The van der Waals surface area contributed by atoms with Crippen LogP contribution in [0.4, 0.5) is 0 Å². The summed E-state index contributed by atoms with van der Waals surface area (Å²) in [6, 6.07) is 0. The highest BCUT2D eigenvalue weighted by Gasteiger charge is 2.53. The first-order valence-corrected chi connectivity index (χ1v) is 6.45. The van der Waals surface area contributed by atoms with E-state index in [2.05, 4.69) is 27.0 Å². The van der Waals surface area contributed by atoms with Crippen LogP contribution >= 0.6 is 0 Å². The Morgan fingerprint density at radius 1 is 1.44 bits per heavy atom. The van der Waals surface area contributed by atoms with Gasteiger partial charge < -0.3 is 5.11 Å². The molecular weight excluding hydrogens is 196 g/mol. The van der Waals surface area contributed by atoms with Crippen LogP contribution in [0.5, 0.6) is 0 Å². The maximum absolute atomic E-state index is 11.0. The molecule has 0 heterocycles. The first kappa shape index (κ1) is 11.9. The number of fused-ring (bicyclic) bond motifs is 1. The molecule has 2 aliphatic carbocycles. The van der Waals surface area contributed by atoms with Crippen LogP contribution in [0, 0.1) is 11.3 Å². The van der Waals surface area contributed by atoms with Crippen molar-refractivity contribution in [1.29, 1.82) is 0 Å². The van der Waals surface area contributed by atoms with Gasteiger partial charge in [-0.05, 0) is 56.9 Å². The topological polar surface area (TPSA) is 20.2 Å². The van der Waals surface area contributed by atoms with Crippen LogP contribution < -0.4 is 0 Å². The lowest BCUT2D eigenvalue weighted by Gasteiger charge is -2.55. The molecule has 0 aliphatic heterocycles. The monoisotopic (exact) mass is 220 g/mol. The molecule has 3 atom stereocenters. The lowest BCUT2D eigenvalue weighted by Crippen LogP contribution is -2.54. The van der Waals surface area contributed by atoms with E-state index in [0.29, 0.717) is 5.92 Å². The van der Waals surface area contributed by atoms with E-state index >= 15 is 0 Å². The van der Waals surface area contributed by atoms with Gasteiger partial charge in [-0.25, -0.2) is 0 Å². The van der Waals surface area contributed by atoms with E-state index in [9.17, 15) is 5.11 Å². The van der Waals surface area contributed by atoms with Gasteiger partial charge in [0.25, 0.3) is 0 Å². The second-order valence-corrected chi connectivity index (χ2v) is 6.16. The van der Waals surface area contributed by atoms with Crippen LogP contribution in [0.1, 0.15) is 52.4 Å². The van der Waals surface area contributed by atoms with E-state index in [1.807, 2.05) is 0 Å². The third-order valence-corrected chi connectivity index (χ3v) is 5.07. The van der Waals surface area contributed by atoms with Crippen molar-refractivity contribution in [2.24, 2.45) is 11.3 Å². The van der Waals surface area contributed by atoms with E-state index in [4.69, 9.17) is 0 Å². The molecule has 2 fully saturated rings. The number of hydrogen-bond donors (Lipinski definition) is 1. The molecule has 0 saturated heterocycles. The van der Waals surface area contributed by atoms with E-state index in [0.717, 1.165) is 31.3 Å². The Hall–Kier alpha value is -0.560. The van der Waals surface area contributed by atoms with E-state index in [-0.39, 0.29) is 5.41 Å². The zero-order valence-electron chi connectivity index (χ0n) is 10.7. The minimum absolute atomic E-state index is 0.0638. The highest BCUT2D eigenvalue weighted by molar-refractivity contribution is 5.25. The molecule has 0 bridgehead atoms. The first-order valence-electron chi connectivity index (χ1n) is 6.45. The smallest absolute Gasteiger partial charge is 0.0913 e. The van der Waals surface area contributed by atoms with Crippen molar-refractivity contribution < 1.29 is 5.11 Å². The number of aliphatic hydroxyl groups is 1. The molecule has 0 unspecified atom stereocenters. The molecule has 0 spiro atoms. The molecule has 2 saturated carbocycles. The molecule has 1 heteroatoms. The summed E-state index contributed by atoms with van der Waals surface area (Å²) in [5.74, 6) is 0.480. The summed E-state index contributed by atoms with van der Waals surface area (Å²) < 4.78 is 0. The summed E-state index contributed by atoms with van der Waals surface area (Å²) in [4.78, 5) is 0. The van der Waals surface area contributed by atoms with Crippen molar-refractivity contribution in [2.45, 2.75) is 58.0 Å².